The number of hydrogen-bond acceptors (Lipinski definition) is 3. The van der Waals surface area contributed by atoms with Crippen LogP contribution in [0.2, 0.25) is 0 Å². The molecule has 1 aromatic carbocycles. The van der Waals surface area contributed by atoms with Crippen molar-refractivity contribution in [3.8, 4) is 5.75 Å². The molecule has 0 aliphatic heterocycles. The minimum Gasteiger partial charge on any atom is -0.496 e. The summed E-state index contributed by atoms with van der Waals surface area (Å²) < 4.78 is 5.24. The number of nitrogens with one attached hydrogen (secondary N) is 1. The van der Waals surface area contributed by atoms with E-state index < -0.39 is 0 Å². The highest BCUT2D eigenvalue weighted by Crippen LogP contribution is 2.23. The number of nitrogen functional groups attached to an aromatic ring is 1. The van der Waals surface area contributed by atoms with E-state index in [1.54, 1.807) is 13.2 Å². The molecule has 0 radical (unpaired) electrons. The second-order valence-electron chi connectivity index (χ2n) is 4.99. The van der Waals surface area contributed by atoms with E-state index in [2.05, 4.69) is 5.32 Å². The lowest BCUT2D eigenvalue weighted by molar-refractivity contribution is -0.129. The summed E-state index contributed by atoms with van der Waals surface area (Å²) in [5.74, 6) is 0.772. The number of carbonyl (C=O) groups excluding carboxylic acids is 1. The van der Waals surface area contributed by atoms with Crippen LogP contribution in [-0.2, 0) is 11.3 Å². The van der Waals surface area contributed by atoms with E-state index in [-0.39, 0.29) is 11.3 Å². The zero-order valence-electron chi connectivity index (χ0n) is 11.5. The van der Waals surface area contributed by atoms with Gasteiger partial charge in [0.2, 0.25) is 5.91 Å². The van der Waals surface area contributed by atoms with Crippen LogP contribution < -0.4 is 15.8 Å². The zero-order chi connectivity index (χ0) is 13.8. The summed E-state index contributed by atoms with van der Waals surface area (Å²) in [5.41, 5.74) is 6.93. The standard InChI is InChI=1S/C14H22N2O2/c1-5-14(2,3)13(17)16-9-10-8-11(15)6-7-12(10)18-4/h6-8H,5,9,15H2,1-4H3,(H,16,17). The first-order valence-corrected chi connectivity index (χ1v) is 6.11. The molecule has 4 nitrogen and oxygen atoms in total. The molecule has 0 fully saturated rings. The average molecular weight is 250 g/mol. The van der Waals surface area contributed by atoms with Crippen LogP contribution in [0.15, 0.2) is 18.2 Å². The minimum atomic E-state index is -0.354. The molecule has 0 saturated carbocycles. The van der Waals surface area contributed by atoms with Crippen molar-refractivity contribution >= 4 is 11.6 Å². The molecule has 1 rings (SSSR count). The second-order valence-corrected chi connectivity index (χ2v) is 4.99. The molecule has 18 heavy (non-hydrogen) atoms. The predicted octanol–water partition coefficient (Wildman–Crippen LogP) is 2.33. The lowest BCUT2D eigenvalue weighted by Gasteiger charge is -2.21. The molecular formula is C14H22N2O2. The molecule has 0 aliphatic rings. The molecule has 0 aliphatic carbocycles. The Morgan fingerprint density at radius 2 is 2.11 bits per heavy atom. The summed E-state index contributed by atoms with van der Waals surface area (Å²) in [6, 6.07) is 5.40. The SMILES string of the molecule is CCC(C)(C)C(=O)NCc1cc(N)ccc1OC. The molecule has 4 heteroatoms. The summed E-state index contributed by atoms with van der Waals surface area (Å²) in [6.45, 7) is 6.29. The first-order valence-electron chi connectivity index (χ1n) is 6.11. The van der Waals surface area contributed by atoms with E-state index in [9.17, 15) is 4.79 Å². The van der Waals surface area contributed by atoms with Crippen molar-refractivity contribution in [2.45, 2.75) is 33.7 Å². The molecule has 3 N–H and O–H groups in total. The lowest BCUT2D eigenvalue weighted by Crippen LogP contribution is -2.36. The van der Waals surface area contributed by atoms with Crippen molar-refractivity contribution in [3.05, 3.63) is 23.8 Å². The van der Waals surface area contributed by atoms with E-state index in [1.165, 1.54) is 0 Å². The Bertz CT molecular complexity index is 428. The number of nitrogens with two attached hydrogens (primary N) is 1. The first-order chi connectivity index (χ1) is 8.40. The third kappa shape index (κ3) is 3.39. The number of rotatable bonds is 5. The maximum Gasteiger partial charge on any atom is 0.225 e. The molecule has 0 aromatic heterocycles. The highest BCUT2D eigenvalue weighted by Gasteiger charge is 2.24. The van der Waals surface area contributed by atoms with Crippen LogP contribution >= 0.6 is 0 Å². The Labute approximate surface area is 109 Å². The van der Waals surface area contributed by atoms with E-state index in [4.69, 9.17) is 10.5 Å². The van der Waals surface area contributed by atoms with Gasteiger partial charge >= 0.3 is 0 Å². The van der Waals surface area contributed by atoms with Crippen molar-refractivity contribution in [1.29, 1.82) is 0 Å². The first kappa shape index (κ1) is 14.4. The van der Waals surface area contributed by atoms with Crippen LogP contribution in [0.1, 0.15) is 32.8 Å². The number of anilines is 1. The van der Waals surface area contributed by atoms with Gasteiger partial charge in [0.05, 0.1) is 7.11 Å². The summed E-state index contributed by atoms with van der Waals surface area (Å²) in [6.07, 6.45) is 0.799. The Morgan fingerprint density at radius 1 is 1.44 bits per heavy atom. The Hall–Kier alpha value is -1.71. The van der Waals surface area contributed by atoms with Crippen molar-refractivity contribution < 1.29 is 9.53 Å². The van der Waals surface area contributed by atoms with Crippen molar-refractivity contribution in [2.75, 3.05) is 12.8 Å². The summed E-state index contributed by atoms with van der Waals surface area (Å²) in [4.78, 5) is 12.0. The van der Waals surface area contributed by atoms with Gasteiger partial charge in [0.15, 0.2) is 0 Å². The lowest BCUT2D eigenvalue weighted by atomic mass is 9.89. The number of benzene rings is 1. The van der Waals surface area contributed by atoms with Crippen LogP contribution in [0, 0.1) is 5.41 Å². The number of methoxy groups -OCH3 is 1. The summed E-state index contributed by atoms with van der Waals surface area (Å²) in [7, 11) is 1.60. The largest absolute Gasteiger partial charge is 0.496 e. The fourth-order valence-corrected chi connectivity index (χ4v) is 1.51. The van der Waals surface area contributed by atoms with E-state index in [1.807, 2.05) is 32.9 Å². The maximum absolute atomic E-state index is 12.0. The normalized spacial score (nSPS) is 11.1. The quantitative estimate of drug-likeness (QED) is 0.788. The predicted molar refractivity (Wildman–Crippen MR) is 73.3 cm³/mol. The highest BCUT2D eigenvalue weighted by molar-refractivity contribution is 5.81. The van der Waals surface area contributed by atoms with Gasteiger partial charge in [0.25, 0.3) is 0 Å². The molecule has 1 aromatic rings. The molecule has 0 heterocycles. The smallest absolute Gasteiger partial charge is 0.225 e. The van der Waals surface area contributed by atoms with Gasteiger partial charge in [0.1, 0.15) is 5.75 Å². The number of amides is 1. The van der Waals surface area contributed by atoms with Crippen LogP contribution in [0.4, 0.5) is 5.69 Å². The fourth-order valence-electron chi connectivity index (χ4n) is 1.51. The molecule has 0 atom stereocenters. The van der Waals surface area contributed by atoms with Crippen LogP contribution in [0.25, 0.3) is 0 Å². The Morgan fingerprint density at radius 3 is 2.67 bits per heavy atom. The van der Waals surface area contributed by atoms with Crippen LogP contribution in [-0.4, -0.2) is 13.0 Å². The molecule has 0 unspecified atom stereocenters. The van der Waals surface area contributed by atoms with Crippen LogP contribution in [0.3, 0.4) is 0 Å². The fraction of sp³-hybridized carbons (Fsp3) is 0.500. The topological polar surface area (TPSA) is 64.4 Å². The number of hydrogen-bond donors (Lipinski definition) is 2. The van der Waals surface area contributed by atoms with E-state index in [0.717, 1.165) is 17.7 Å². The molecule has 0 bridgehead atoms. The van der Waals surface area contributed by atoms with E-state index in [0.29, 0.717) is 12.2 Å². The molecule has 100 valence electrons. The van der Waals surface area contributed by atoms with Crippen molar-refractivity contribution in [2.24, 2.45) is 5.41 Å². The molecule has 1 amide bonds. The van der Waals surface area contributed by atoms with Gasteiger partial charge in [-0.2, -0.15) is 0 Å². The highest BCUT2D eigenvalue weighted by atomic mass is 16.5. The molecule has 0 saturated heterocycles. The van der Waals surface area contributed by atoms with Gasteiger partial charge in [-0.3, -0.25) is 4.79 Å². The van der Waals surface area contributed by atoms with Gasteiger partial charge in [-0.05, 0) is 24.6 Å². The van der Waals surface area contributed by atoms with Gasteiger partial charge in [-0.1, -0.05) is 20.8 Å². The monoisotopic (exact) mass is 250 g/mol. The van der Waals surface area contributed by atoms with Crippen molar-refractivity contribution in [1.82, 2.24) is 5.32 Å². The van der Waals surface area contributed by atoms with Gasteiger partial charge in [0, 0.05) is 23.2 Å². The number of ether oxygens (including phenoxy) is 1. The average Bonchev–Trinajstić information content (AvgIpc) is 2.36. The Kier molecular flexibility index (Phi) is 4.59. The number of carbonyl (C=O) groups is 1. The maximum atomic E-state index is 12.0. The van der Waals surface area contributed by atoms with Gasteiger partial charge in [-0.15, -0.1) is 0 Å². The third-order valence-corrected chi connectivity index (χ3v) is 3.24. The molecular weight excluding hydrogens is 228 g/mol. The van der Waals surface area contributed by atoms with Gasteiger partial charge in [-0.25, -0.2) is 0 Å². The summed E-state index contributed by atoms with van der Waals surface area (Å²) in [5, 5.41) is 2.92. The van der Waals surface area contributed by atoms with Crippen molar-refractivity contribution in [3.63, 3.8) is 0 Å². The minimum absolute atomic E-state index is 0.0366. The second kappa shape index (κ2) is 5.76. The van der Waals surface area contributed by atoms with Crippen LogP contribution in [0.5, 0.6) is 5.75 Å². The van der Waals surface area contributed by atoms with E-state index >= 15 is 0 Å². The zero-order valence-corrected chi connectivity index (χ0v) is 11.5. The third-order valence-electron chi connectivity index (χ3n) is 3.24. The molecule has 0 spiro atoms. The van der Waals surface area contributed by atoms with Gasteiger partial charge < -0.3 is 15.8 Å². The Balaban J connectivity index is 2.74. The summed E-state index contributed by atoms with van der Waals surface area (Å²) >= 11 is 0.